The number of piperazine rings is 1. The van der Waals surface area contributed by atoms with Gasteiger partial charge in [-0.15, -0.1) is 11.3 Å². The van der Waals surface area contributed by atoms with E-state index in [1.54, 1.807) is 23.5 Å². The second-order valence-electron chi connectivity index (χ2n) is 6.94. The molecular weight excluding hydrogens is 364 g/mol. The number of hydrogen-bond acceptors (Lipinski definition) is 6. The summed E-state index contributed by atoms with van der Waals surface area (Å²) in [4.78, 5) is 31.1. The summed E-state index contributed by atoms with van der Waals surface area (Å²) < 4.78 is 0. The molecule has 8 heteroatoms. The van der Waals surface area contributed by atoms with Crippen LogP contribution >= 0.6 is 11.3 Å². The van der Waals surface area contributed by atoms with Crippen molar-refractivity contribution in [3.63, 3.8) is 0 Å². The first-order valence-corrected chi connectivity index (χ1v) is 10.0. The van der Waals surface area contributed by atoms with Gasteiger partial charge in [-0.1, -0.05) is 12.1 Å². The van der Waals surface area contributed by atoms with E-state index in [2.05, 4.69) is 16.3 Å². The Morgan fingerprint density at radius 1 is 1.11 bits per heavy atom. The molecule has 2 aliphatic heterocycles. The minimum atomic E-state index is -0.345. The highest BCUT2D eigenvalue weighted by Crippen LogP contribution is 2.28. The first-order valence-electron chi connectivity index (χ1n) is 9.15. The zero-order valence-corrected chi connectivity index (χ0v) is 15.9. The molecule has 0 atom stereocenters. The zero-order valence-electron chi connectivity index (χ0n) is 15.0. The molecule has 2 aromatic rings. The van der Waals surface area contributed by atoms with Crippen molar-refractivity contribution >= 4 is 28.6 Å². The average Bonchev–Trinajstić information content (AvgIpc) is 3.16. The second-order valence-corrected chi connectivity index (χ2v) is 7.94. The van der Waals surface area contributed by atoms with Gasteiger partial charge in [0.1, 0.15) is 5.69 Å². The van der Waals surface area contributed by atoms with Crippen LogP contribution in [0, 0.1) is 10.1 Å². The van der Waals surface area contributed by atoms with E-state index in [1.807, 2.05) is 15.9 Å². The smallest absolute Gasteiger partial charge is 0.292 e. The van der Waals surface area contributed by atoms with Crippen LogP contribution in [0.1, 0.15) is 10.4 Å². The van der Waals surface area contributed by atoms with E-state index in [9.17, 15) is 14.9 Å². The summed E-state index contributed by atoms with van der Waals surface area (Å²) >= 11 is 1.80. The van der Waals surface area contributed by atoms with Crippen molar-refractivity contribution in [1.82, 2.24) is 9.80 Å². The summed E-state index contributed by atoms with van der Waals surface area (Å²) in [6.07, 6.45) is 1.02. The van der Waals surface area contributed by atoms with Crippen molar-refractivity contribution < 1.29 is 9.72 Å². The fourth-order valence-electron chi connectivity index (χ4n) is 3.82. The Bertz CT molecular complexity index is 845. The average molecular weight is 386 g/mol. The molecule has 142 valence electrons. The number of benzene rings is 1. The van der Waals surface area contributed by atoms with Crippen molar-refractivity contribution in [2.24, 2.45) is 0 Å². The van der Waals surface area contributed by atoms with Gasteiger partial charge in [0.25, 0.3) is 5.69 Å². The van der Waals surface area contributed by atoms with Crippen molar-refractivity contribution in [3.05, 3.63) is 56.3 Å². The summed E-state index contributed by atoms with van der Waals surface area (Å²) in [6.45, 7) is 4.65. The van der Waals surface area contributed by atoms with E-state index < -0.39 is 0 Å². The number of para-hydroxylation sites is 2. The summed E-state index contributed by atoms with van der Waals surface area (Å²) in [7, 11) is 0. The summed E-state index contributed by atoms with van der Waals surface area (Å²) in [5.41, 5.74) is 2.10. The number of amides is 1. The minimum absolute atomic E-state index is 0.122. The van der Waals surface area contributed by atoms with Crippen LogP contribution in [0.3, 0.4) is 0 Å². The van der Waals surface area contributed by atoms with Gasteiger partial charge >= 0.3 is 0 Å². The molecule has 0 aliphatic carbocycles. The number of rotatable bonds is 4. The number of nitro groups is 1. The molecule has 4 rings (SSSR count). The first kappa shape index (κ1) is 17.9. The lowest BCUT2D eigenvalue weighted by Crippen LogP contribution is -2.51. The Balaban J connectivity index is 1.33. The second kappa shape index (κ2) is 7.66. The van der Waals surface area contributed by atoms with Gasteiger partial charge in [0, 0.05) is 50.2 Å². The molecule has 7 nitrogen and oxygen atoms in total. The standard InChI is InChI=1S/C19H22N4O3S/c24-19(14-20-7-5-18-15(13-20)6-12-27-18)22-10-8-21(9-11-22)16-3-1-2-4-17(16)23(25)26/h1-4,6,12H,5,7-11,13-14H2. The molecule has 0 unspecified atom stereocenters. The number of nitro benzene ring substituents is 1. The minimum Gasteiger partial charge on any atom is -0.362 e. The maximum absolute atomic E-state index is 12.7. The molecular formula is C19H22N4O3S. The Kier molecular flexibility index (Phi) is 5.09. The van der Waals surface area contributed by atoms with Gasteiger partial charge < -0.3 is 9.80 Å². The van der Waals surface area contributed by atoms with E-state index in [4.69, 9.17) is 0 Å². The molecule has 1 aromatic heterocycles. The molecule has 0 saturated carbocycles. The highest BCUT2D eigenvalue weighted by molar-refractivity contribution is 7.10. The van der Waals surface area contributed by atoms with Crippen LogP contribution in [-0.2, 0) is 17.8 Å². The predicted octanol–water partition coefficient (Wildman–Crippen LogP) is 2.36. The van der Waals surface area contributed by atoms with Crippen LogP contribution in [0.4, 0.5) is 11.4 Å². The van der Waals surface area contributed by atoms with Crippen molar-refractivity contribution in [2.75, 3.05) is 44.2 Å². The van der Waals surface area contributed by atoms with Crippen LogP contribution in [0.2, 0.25) is 0 Å². The third-order valence-corrected chi connectivity index (χ3v) is 6.32. The van der Waals surface area contributed by atoms with Crippen LogP contribution in [-0.4, -0.2) is 59.9 Å². The van der Waals surface area contributed by atoms with Gasteiger partial charge in [-0.25, -0.2) is 0 Å². The van der Waals surface area contributed by atoms with Crippen molar-refractivity contribution in [1.29, 1.82) is 0 Å². The fourth-order valence-corrected chi connectivity index (χ4v) is 4.71. The number of thiophene rings is 1. The van der Waals surface area contributed by atoms with E-state index in [-0.39, 0.29) is 16.5 Å². The fraction of sp³-hybridized carbons (Fsp3) is 0.421. The molecule has 0 N–H and O–H groups in total. The van der Waals surface area contributed by atoms with Gasteiger partial charge in [-0.3, -0.25) is 19.8 Å². The number of carbonyl (C=O) groups excluding carboxylic acids is 1. The lowest BCUT2D eigenvalue weighted by molar-refractivity contribution is -0.384. The SMILES string of the molecule is O=C(CN1CCc2sccc2C1)N1CCN(c2ccccc2[N+](=O)[O-])CC1. The quantitative estimate of drug-likeness (QED) is 0.596. The maximum atomic E-state index is 12.7. The Hall–Kier alpha value is -2.45. The highest BCUT2D eigenvalue weighted by atomic mass is 32.1. The van der Waals surface area contributed by atoms with Gasteiger partial charge in [0.2, 0.25) is 5.91 Å². The van der Waals surface area contributed by atoms with E-state index in [0.717, 1.165) is 19.5 Å². The number of carbonyl (C=O) groups is 1. The van der Waals surface area contributed by atoms with Crippen molar-refractivity contribution in [3.8, 4) is 0 Å². The number of fused-ring (bicyclic) bond motifs is 1. The Morgan fingerprint density at radius 2 is 1.89 bits per heavy atom. The van der Waals surface area contributed by atoms with E-state index in [1.165, 1.54) is 16.5 Å². The molecule has 1 fully saturated rings. The van der Waals surface area contributed by atoms with Crippen LogP contribution in [0.15, 0.2) is 35.7 Å². The number of hydrogen-bond donors (Lipinski definition) is 0. The molecule has 1 amide bonds. The monoisotopic (exact) mass is 386 g/mol. The molecule has 27 heavy (non-hydrogen) atoms. The molecule has 0 bridgehead atoms. The summed E-state index contributed by atoms with van der Waals surface area (Å²) in [5.74, 6) is 0.149. The Labute approximate surface area is 161 Å². The Morgan fingerprint density at radius 3 is 2.67 bits per heavy atom. The van der Waals surface area contributed by atoms with E-state index >= 15 is 0 Å². The third-order valence-electron chi connectivity index (χ3n) is 5.30. The topological polar surface area (TPSA) is 69.9 Å². The van der Waals surface area contributed by atoms with Gasteiger partial charge in [-0.05, 0) is 29.5 Å². The van der Waals surface area contributed by atoms with Crippen LogP contribution in [0.5, 0.6) is 0 Å². The lowest BCUT2D eigenvalue weighted by atomic mass is 10.1. The van der Waals surface area contributed by atoms with Crippen LogP contribution < -0.4 is 4.90 Å². The molecule has 0 spiro atoms. The van der Waals surface area contributed by atoms with Gasteiger partial charge in [0.05, 0.1) is 11.5 Å². The largest absolute Gasteiger partial charge is 0.362 e. The number of anilines is 1. The summed E-state index contributed by atoms with van der Waals surface area (Å²) in [5, 5.41) is 13.4. The molecule has 2 aliphatic rings. The third kappa shape index (κ3) is 3.81. The van der Waals surface area contributed by atoms with Gasteiger partial charge in [0.15, 0.2) is 0 Å². The molecule has 1 aromatic carbocycles. The van der Waals surface area contributed by atoms with E-state index in [0.29, 0.717) is 38.4 Å². The molecule has 0 radical (unpaired) electrons. The highest BCUT2D eigenvalue weighted by Gasteiger charge is 2.27. The lowest BCUT2D eigenvalue weighted by Gasteiger charge is -2.37. The zero-order chi connectivity index (χ0) is 18.8. The molecule has 3 heterocycles. The van der Waals surface area contributed by atoms with Gasteiger partial charge in [-0.2, -0.15) is 0 Å². The molecule has 1 saturated heterocycles. The first-order chi connectivity index (χ1) is 13.1. The normalized spacial score (nSPS) is 17.6. The number of nitrogens with zero attached hydrogens (tertiary/aromatic N) is 4. The van der Waals surface area contributed by atoms with Crippen molar-refractivity contribution in [2.45, 2.75) is 13.0 Å². The predicted molar refractivity (Wildman–Crippen MR) is 105 cm³/mol. The summed E-state index contributed by atoms with van der Waals surface area (Å²) in [6, 6.07) is 8.96. The van der Waals surface area contributed by atoms with Crippen LogP contribution in [0.25, 0.3) is 0 Å². The maximum Gasteiger partial charge on any atom is 0.292 e.